The highest BCUT2D eigenvalue weighted by molar-refractivity contribution is 5.00. The number of hydrogen-bond acceptors (Lipinski definition) is 3. The van der Waals surface area contributed by atoms with Crippen molar-refractivity contribution < 1.29 is 0 Å². The second-order valence-electron chi connectivity index (χ2n) is 4.40. The molecule has 1 atom stereocenters. The third-order valence-electron chi connectivity index (χ3n) is 3.13. The largest absolute Gasteiger partial charge is 0.312 e. The summed E-state index contributed by atoms with van der Waals surface area (Å²) in [5.74, 6) is 0. The highest BCUT2D eigenvalue weighted by Gasteiger charge is 2.18. The quantitative estimate of drug-likeness (QED) is 0.770. The minimum Gasteiger partial charge on any atom is -0.312 e. The molecule has 4 heteroatoms. The van der Waals surface area contributed by atoms with E-state index in [2.05, 4.69) is 28.4 Å². The predicted octanol–water partition coefficient (Wildman–Crippen LogP) is 0.256. The van der Waals surface area contributed by atoms with Gasteiger partial charge in [-0.2, -0.15) is 5.10 Å². The lowest BCUT2D eigenvalue weighted by Crippen LogP contribution is -2.33. The summed E-state index contributed by atoms with van der Waals surface area (Å²) in [5, 5.41) is 7.75. The Balaban J connectivity index is 1.69. The Kier molecular flexibility index (Phi) is 3.38. The van der Waals surface area contributed by atoms with Gasteiger partial charge in [-0.15, -0.1) is 0 Å². The number of rotatable bonds is 4. The Bertz CT molecular complexity index is 307. The van der Waals surface area contributed by atoms with Crippen LogP contribution in [0.5, 0.6) is 0 Å². The Labute approximate surface area is 91.3 Å². The summed E-state index contributed by atoms with van der Waals surface area (Å²) < 4.78 is 1.95. The number of aromatic nitrogens is 2. The maximum atomic E-state index is 4.16. The fourth-order valence-electron chi connectivity index (χ4n) is 2.15. The first-order chi connectivity index (χ1) is 7.25. The number of aryl methyl sites for hydroxylation is 1. The van der Waals surface area contributed by atoms with E-state index in [1.807, 2.05) is 17.9 Å². The van der Waals surface area contributed by atoms with E-state index >= 15 is 0 Å². The number of nitrogens with one attached hydrogen (secondary N) is 1. The molecule has 1 aliphatic heterocycles. The van der Waals surface area contributed by atoms with Crippen molar-refractivity contribution >= 4 is 0 Å². The van der Waals surface area contributed by atoms with Crippen molar-refractivity contribution in [2.24, 2.45) is 7.05 Å². The normalized spacial score (nSPS) is 22.4. The van der Waals surface area contributed by atoms with Crippen molar-refractivity contribution in [2.45, 2.75) is 18.9 Å². The summed E-state index contributed by atoms with van der Waals surface area (Å²) in [7, 11) is 4.18. The van der Waals surface area contributed by atoms with Gasteiger partial charge in [0.25, 0.3) is 0 Å². The van der Waals surface area contributed by atoms with Crippen LogP contribution in [-0.4, -0.2) is 47.4 Å². The van der Waals surface area contributed by atoms with Crippen LogP contribution in [0, 0.1) is 0 Å². The molecule has 0 aromatic carbocycles. The minimum atomic E-state index is 0.684. The zero-order valence-corrected chi connectivity index (χ0v) is 9.61. The first-order valence-corrected chi connectivity index (χ1v) is 5.64. The predicted molar refractivity (Wildman–Crippen MR) is 60.8 cm³/mol. The molecule has 15 heavy (non-hydrogen) atoms. The maximum Gasteiger partial charge on any atom is 0.0492 e. The molecule has 1 saturated heterocycles. The molecule has 1 aromatic heterocycles. The topological polar surface area (TPSA) is 33.1 Å². The van der Waals surface area contributed by atoms with E-state index in [9.17, 15) is 0 Å². The van der Waals surface area contributed by atoms with Crippen molar-refractivity contribution in [3.8, 4) is 0 Å². The van der Waals surface area contributed by atoms with Crippen LogP contribution in [0.25, 0.3) is 0 Å². The fraction of sp³-hybridized carbons (Fsp3) is 0.727. The van der Waals surface area contributed by atoms with Crippen LogP contribution in [-0.2, 0) is 13.5 Å². The van der Waals surface area contributed by atoms with Gasteiger partial charge in [0, 0.05) is 44.5 Å². The van der Waals surface area contributed by atoms with Crippen LogP contribution in [0.15, 0.2) is 12.3 Å². The summed E-state index contributed by atoms with van der Waals surface area (Å²) in [5.41, 5.74) is 1.30. The maximum absolute atomic E-state index is 4.16. The lowest BCUT2D eigenvalue weighted by Gasteiger charge is -2.12. The monoisotopic (exact) mass is 208 g/mol. The Hall–Kier alpha value is -0.870. The van der Waals surface area contributed by atoms with E-state index in [1.165, 1.54) is 25.2 Å². The second-order valence-corrected chi connectivity index (χ2v) is 4.40. The van der Waals surface area contributed by atoms with Gasteiger partial charge in [-0.25, -0.2) is 0 Å². The van der Waals surface area contributed by atoms with Gasteiger partial charge in [0.05, 0.1) is 0 Å². The van der Waals surface area contributed by atoms with Gasteiger partial charge in [-0.1, -0.05) is 0 Å². The standard InChI is InChI=1S/C11H20N4/c1-14-8-5-10(9-14)12-6-3-11-4-7-13-15(11)2/h4,7,10,12H,3,5-6,8-9H2,1-2H3. The van der Waals surface area contributed by atoms with Crippen molar-refractivity contribution in [1.29, 1.82) is 0 Å². The Morgan fingerprint density at radius 1 is 1.53 bits per heavy atom. The lowest BCUT2D eigenvalue weighted by molar-refractivity contribution is 0.398. The van der Waals surface area contributed by atoms with Crippen molar-refractivity contribution in [2.75, 3.05) is 26.7 Å². The fourth-order valence-corrected chi connectivity index (χ4v) is 2.15. The lowest BCUT2D eigenvalue weighted by atomic mass is 10.2. The molecule has 4 nitrogen and oxygen atoms in total. The molecule has 1 aliphatic rings. The molecule has 1 aromatic rings. The van der Waals surface area contributed by atoms with Crippen molar-refractivity contribution in [3.63, 3.8) is 0 Å². The van der Waals surface area contributed by atoms with E-state index in [0.717, 1.165) is 13.0 Å². The molecule has 0 radical (unpaired) electrons. The van der Waals surface area contributed by atoms with Crippen LogP contribution in [0.3, 0.4) is 0 Å². The van der Waals surface area contributed by atoms with Crippen molar-refractivity contribution in [1.82, 2.24) is 20.0 Å². The third kappa shape index (κ3) is 2.79. The van der Waals surface area contributed by atoms with Gasteiger partial charge >= 0.3 is 0 Å². The van der Waals surface area contributed by atoms with E-state index < -0.39 is 0 Å². The molecule has 1 fully saturated rings. The number of likely N-dealkylation sites (N-methyl/N-ethyl adjacent to an activating group) is 1. The SMILES string of the molecule is CN1CCC(NCCc2ccnn2C)C1. The van der Waals surface area contributed by atoms with Crippen LogP contribution >= 0.6 is 0 Å². The first-order valence-electron chi connectivity index (χ1n) is 5.64. The van der Waals surface area contributed by atoms with Gasteiger partial charge in [0.2, 0.25) is 0 Å². The van der Waals surface area contributed by atoms with E-state index in [0.29, 0.717) is 6.04 Å². The minimum absolute atomic E-state index is 0.684. The third-order valence-corrected chi connectivity index (χ3v) is 3.13. The molecule has 0 saturated carbocycles. The van der Waals surface area contributed by atoms with Gasteiger partial charge in [0.15, 0.2) is 0 Å². The highest BCUT2D eigenvalue weighted by Crippen LogP contribution is 2.06. The molecule has 1 N–H and O–H groups in total. The summed E-state index contributed by atoms with van der Waals surface area (Å²) in [4.78, 5) is 2.38. The number of nitrogens with zero attached hydrogens (tertiary/aromatic N) is 3. The van der Waals surface area contributed by atoms with Gasteiger partial charge in [-0.05, 0) is 26.1 Å². The van der Waals surface area contributed by atoms with Crippen molar-refractivity contribution in [3.05, 3.63) is 18.0 Å². The van der Waals surface area contributed by atoms with E-state index in [-0.39, 0.29) is 0 Å². The van der Waals surface area contributed by atoms with Gasteiger partial charge in [-0.3, -0.25) is 4.68 Å². The van der Waals surface area contributed by atoms with Gasteiger partial charge < -0.3 is 10.2 Å². The van der Waals surface area contributed by atoms with Crippen LogP contribution < -0.4 is 5.32 Å². The average Bonchev–Trinajstić information content (AvgIpc) is 2.77. The molecule has 0 bridgehead atoms. The van der Waals surface area contributed by atoms with E-state index in [1.54, 1.807) is 0 Å². The first kappa shape index (κ1) is 10.6. The summed E-state index contributed by atoms with van der Waals surface area (Å²) in [6.45, 7) is 3.47. The Morgan fingerprint density at radius 3 is 3.00 bits per heavy atom. The zero-order valence-electron chi connectivity index (χ0n) is 9.61. The Morgan fingerprint density at radius 2 is 2.40 bits per heavy atom. The molecule has 2 rings (SSSR count). The van der Waals surface area contributed by atoms with Crippen LogP contribution in [0.2, 0.25) is 0 Å². The molecule has 0 amide bonds. The second kappa shape index (κ2) is 4.77. The van der Waals surface area contributed by atoms with Crippen LogP contribution in [0.1, 0.15) is 12.1 Å². The van der Waals surface area contributed by atoms with E-state index in [4.69, 9.17) is 0 Å². The number of hydrogen-bond donors (Lipinski definition) is 1. The molecule has 2 heterocycles. The molecule has 0 aliphatic carbocycles. The molecule has 0 spiro atoms. The smallest absolute Gasteiger partial charge is 0.0492 e. The molecule has 1 unspecified atom stereocenters. The molecular formula is C11H20N4. The highest BCUT2D eigenvalue weighted by atomic mass is 15.3. The summed E-state index contributed by atoms with van der Waals surface area (Å²) in [6, 6.07) is 2.77. The average molecular weight is 208 g/mol. The summed E-state index contributed by atoms with van der Waals surface area (Å²) >= 11 is 0. The van der Waals surface area contributed by atoms with Gasteiger partial charge in [0.1, 0.15) is 0 Å². The molecule has 84 valence electrons. The zero-order chi connectivity index (χ0) is 10.7. The molecular weight excluding hydrogens is 188 g/mol. The van der Waals surface area contributed by atoms with Crippen LogP contribution in [0.4, 0.5) is 0 Å². The summed E-state index contributed by atoms with van der Waals surface area (Å²) in [6.07, 6.45) is 4.21. The number of likely N-dealkylation sites (tertiary alicyclic amines) is 1.